The highest BCUT2D eigenvalue weighted by molar-refractivity contribution is 5.93. The minimum Gasteiger partial charge on any atom is -0.459 e. The fraction of sp³-hybridized carbons (Fsp3) is 0.667. The van der Waals surface area contributed by atoms with E-state index in [-0.39, 0.29) is 23.8 Å². The standard InChI is InChI=1S/C21H28N4O5/c22-6-9-25-13-21-5-4-14(30-21)16(17(21)20(25)28)19(27)24-8-2-7-23(10-11-24)18(26)15-3-1-12-29-15/h1,3,12,14,16-17H,2,4-11,13,22H2/t14-,16-,17+,21-/m0/s1. The van der Waals surface area contributed by atoms with Crippen LogP contribution in [0.15, 0.2) is 22.8 Å². The van der Waals surface area contributed by atoms with Crippen LogP contribution in [-0.4, -0.2) is 89.9 Å². The van der Waals surface area contributed by atoms with E-state index in [0.717, 1.165) is 12.8 Å². The number of amides is 3. The highest BCUT2D eigenvalue weighted by Gasteiger charge is 2.69. The van der Waals surface area contributed by atoms with Crippen LogP contribution in [-0.2, 0) is 14.3 Å². The highest BCUT2D eigenvalue weighted by atomic mass is 16.5. The van der Waals surface area contributed by atoms with E-state index in [1.54, 1.807) is 21.9 Å². The average molecular weight is 416 g/mol. The van der Waals surface area contributed by atoms with Gasteiger partial charge in [0.25, 0.3) is 5.91 Å². The number of rotatable bonds is 4. The summed E-state index contributed by atoms with van der Waals surface area (Å²) in [6.07, 6.45) is 3.63. The van der Waals surface area contributed by atoms with Gasteiger partial charge in [-0.1, -0.05) is 0 Å². The van der Waals surface area contributed by atoms with Crippen LogP contribution >= 0.6 is 0 Å². The molecule has 2 N–H and O–H groups in total. The Morgan fingerprint density at radius 1 is 1.20 bits per heavy atom. The first-order valence-electron chi connectivity index (χ1n) is 10.8. The fourth-order valence-corrected chi connectivity index (χ4v) is 5.77. The lowest BCUT2D eigenvalue weighted by molar-refractivity contribution is -0.144. The van der Waals surface area contributed by atoms with Gasteiger partial charge in [-0.15, -0.1) is 0 Å². The largest absolute Gasteiger partial charge is 0.459 e. The first-order chi connectivity index (χ1) is 14.5. The summed E-state index contributed by atoms with van der Waals surface area (Å²) in [5.41, 5.74) is 5.15. The van der Waals surface area contributed by atoms with E-state index in [9.17, 15) is 14.4 Å². The molecule has 0 saturated carbocycles. The summed E-state index contributed by atoms with van der Waals surface area (Å²) in [4.78, 5) is 44.5. The van der Waals surface area contributed by atoms with Crippen LogP contribution in [0.5, 0.6) is 0 Å². The molecular weight excluding hydrogens is 388 g/mol. The van der Waals surface area contributed by atoms with Crippen molar-refractivity contribution in [3.05, 3.63) is 24.2 Å². The molecule has 0 aliphatic carbocycles. The third-order valence-corrected chi connectivity index (χ3v) is 7.11. The van der Waals surface area contributed by atoms with Crippen LogP contribution in [0.3, 0.4) is 0 Å². The number of furan rings is 1. The van der Waals surface area contributed by atoms with Gasteiger partial charge >= 0.3 is 0 Å². The van der Waals surface area contributed by atoms with Crippen molar-refractivity contribution in [2.45, 2.75) is 31.0 Å². The zero-order valence-corrected chi connectivity index (χ0v) is 17.0. The Labute approximate surface area is 175 Å². The van der Waals surface area contributed by atoms with Crippen molar-refractivity contribution in [2.24, 2.45) is 17.6 Å². The normalized spacial score (nSPS) is 33.2. The van der Waals surface area contributed by atoms with Crippen LogP contribution in [0, 0.1) is 11.8 Å². The second-order valence-electron chi connectivity index (χ2n) is 8.76. The van der Waals surface area contributed by atoms with Gasteiger partial charge in [-0.05, 0) is 31.4 Å². The number of ether oxygens (including phenoxy) is 1. The van der Waals surface area contributed by atoms with Gasteiger partial charge in [0, 0.05) is 39.3 Å². The van der Waals surface area contributed by atoms with E-state index in [4.69, 9.17) is 14.9 Å². The monoisotopic (exact) mass is 416 g/mol. The summed E-state index contributed by atoms with van der Waals surface area (Å²) < 4.78 is 11.5. The fourth-order valence-electron chi connectivity index (χ4n) is 5.77. The maximum Gasteiger partial charge on any atom is 0.289 e. The zero-order valence-electron chi connectivity index (χ0n) is 17.0. The second kappa shape index (κ2) is 7.39. The summed E-state index contributed by atoms with van der Waals surface area (Å²) in [6.45, 7) is 3.50. The SMILES string of the molecule is NCCN1C[C@]23CC[C@H](O2)[C@H](C(=O)N2CCCN(C(=O)c4ccco4)CC2)[C@@H]3C1=O. The number of hydrogen-bond acceptors (Lipinski definition) is 6. The summed E-state index contributed by atoms with van der Waals surface area (Å²) in [5.74, 6) is -0.678. The van der Waals surface area contributed by atoms with Crippen molar-refractivity contribution in [3.8, 4) is 0 Å². The molecule has 9 heteroatoms. The summed E-state index contributed by atoms with van der Waals surface area (Å²) >= 11 is 0. The van der Waals surface area contributed by atoms with Gasteiger partial charge in [0.2, 0.25) is 11.8 Å². The number of fused-ring (bicyclic) bond motifs is 1. The molecule has 1 spiro atoms. The second-order valence-corrected chi connectivity index (χ2v) is 8.76. The van der Waals surface area contributed by atoms with E-state index >= 15 is 0 Å². The summed E-state index contributed by atoms with van der Waals surface area (Å²) in [5, 5.41) is 0. The maximum absolute atomic E-state index is 13.5. The van der Waals surface area contributed by atoms with Gasteiger partial charge in [0.1, 0.15) is 0 Å². The molecule has 3 amide bonds. The predicted octanol–water partition coefficient (Wildman–Crippen LogP) is -0.0812. The van der Waals surface area contributed by atoms with Crippen LogP contribution in [0.2, 0.25) is 0 Å². The topological polar surface area (TPSA) is 109 Å². The lowest BCUT2D eigenvalue weighted by Gasteiger charge is -2.31. The van der Waals surface area contributed by atoms with E-state index in [2.05, 4.69) is 0 Å². The molecule has 1 aromatic heterocycles. The van der Waals surface area contributed by atoms with E-state index in [1.165, 1.54) is 6.26 Å². The smallest absolute Gasteiger partial charge is 0.289 e. The molecule has 0 unspecified atom stereocenters. The molecule has 4 saturated heterocycles. The molecule has 2 bridgehead atoms. The van der Waals surface area contributed by atoms with Gasteiger partial charge in [0.05, 0.1) is 36.3 Å². The van der Waals surface area contributed by atoms with Crippen LogP contribution < -0.4 is 5.73 Å². The molecule has 4 aliphatic rings. The first-order valence-corrected chi connectivity index (χ1v) is 10.8. The third kappa shape index (κ3) is 2.94. The minimum atomic E-state index is -0.523. The number of hydrogen-bond donors (Lipinski definition) is 1. The van der Waals surface area contributed by atoms with Crippen molar-refractivity contribution in [1.82, 2.24) is 14.7 Å². The van der Waals surface area contributed by atoms with Crippen LogP contribution in [0.1, 0.15) is 29.8 Å². The zero-order chi connectivity index (χ0) is 20.9. The molecular formula is C21H28N4O5. The predicted molar refractivity (Wildman–Crippen MR) is 105 cm³/mol. The Morgan fingerprint density at radius 3 is 2.77 bits per heavy atom. The van der Waals surface area contributed by atoms with Gasteiger partial charge < -0.3 is 29.6 Å². The molecule has 4 atom stereocenters. The van der Waals surface area contributed by atoms with Crippen molar-refractivity contribution < 1.29 is 23.5 Å². The number of carbonyl (C=O) groups is 3. The number of likely N-dealkylation sites (tertiary alicyclic amines) is 1. The lowest BCUT2D eigenvalue weighted by Crippen LogP contribution is -2.48. The number of nitrogens with two attached hydrogens (primary N) is 1. The Morgan fingerprint density at radius 2 is 2.00 bits per heavy atom. The average Bonchev–Trinajstić information content (AvgIpc) is 3.48. The Kier molecular flexibility index (Phi) is 4.82. The number of carbonyl (C=O) groups excluding carboxylic acids is 3. The van der Waals surface area contributed by atoms with Gasteiger partial charge in [-0.25, -0.2) is 0 Å². The molecule has 5 rings (SSSR count). The Bertz CT molecular complexity index is 842. The molecule has 9 nitrogen and oxygen atoms in total. The van der Waals surface area contributed by atoms with E-state index < -0.39 is 17.4 Å². The molecule has 0 aromatic carbocycles. The van der Waals surface area contributed by atoms with Crippen molar-refractivity contribution in [2.75, 3.05) is 45.8 Å². The van der Waals surface area contributed by atoms with Gasteiger partial charge in [-0.2, -0.15) is 0 Å². The first kappa shape index (κ1) is 19.6. The Hall–Kier alpha value is -2.39. The van der Waals surface area contributed by atoms with Gasteiger partial charge in [0.15, 0.2) is 5.76 Å². The molecule has 4 fully saturated rings. The van der Waals surface area contributed by atoms with Crippen molar-refractivity contribution in [3.63, 3.8) is 0 Å². The van der Waals surface area contributed by atoms with Crippen molar-refractivity contribution in [1.29, 1.82) is 0 Å². The molecule has 4 aliphatic heterocycles. The van der Waals surface area contributed by atoms with Gasteiger partial charge in [-0.3, -0.25) is 14.4 Å². The quantitative estimate of drug-likeness (QED) is 0.735. The summed E-state index contributed by atoms with van der Waals surface area (Å²) in [7, 11) is 0. The van der Waals surface area contributed by atoms with E-state index in [1.807, 2.05) is 4.90 Å². The lowest BCUT2D eigenvalue weighted by atomic mass is 9.72. The van der Waals surface area contributed by atoms with Crippen LogP contribution in [0.4, 0.5) is 0 Å². The number of nitrogens with zero attached hydrogens (tertiary/aromatic N) is 3. The maximum atomic E-state index is 13.5. The highest BCUT2D eigenvalue weighted by Crippen LogP contribution is 2.55. The Balaban J connectivity index is 1.29. The molecule has 5 heterocycles. The molecule has 162 valence electrons. The molecule has 1 aromatic rings. The minimum absolute atomic E-state index is 0.00504. The summed E-state index contributed by atoms with van der Waals surface area (Å²) in [6, 6.07) is 3.35. The molecule has 0 radical (unpaired) electrons. The van der Waals surface area contributed by atoms with E-state index in [0.29, 0.717) is 58.0 Å². The molecule has 30 heavy (non-hydrogen) atoms. The van der Waals surface area contributed by atoms with Crippen molar-refractivity contribution >= 4 is 17.7 Å². The third-order valence-electron chi connectivity index (χ3n) is 7.11. The van der Waals surface area contributed by atoms with Crippen LogP contribution in [0.25, 0.3) is 0 Å².